The van der Waals surface area contributed by atoms with E-state index in [4.69, 9.17) is 34.3 Å². The second-order valence-corrected chi connectivity index (χ2v) is 39.6. The highest BCUT2D eigenvalue weighted by Gasteiger charge is 2.40. The van der Waals surface area contributed by atoms with E-state index in [9.17, 15) is 0 Å². The normalized spacial score (nSPS) is 12.7. The molecule has 0 radical (unpaired) electrons. The topological polar surface area (TPSA) is 102 Å². The molecule has 1 aliphatic carbocycles. The number of anilines is 6. The van der Waals surface area contributed by atoms with Crippen molar-refractivity contribution in [3.63, 3.8) is 0 Å². The molecule has 0 saturated carbocycles. The Hall–Kier alpha value is -18.1. The maximum atomic E-state index is 6.43. The van der Waals surface area contributed by atoms with Crippen LogP contribution in [0.5, 0.6) is 0 Å². The molecule has 12 heteroatoms. The van der Waals surface area contributed by atoms with Gasteiger partial charge >= 0.3 is 0 Å². The smallest absolute Gasteiger partial charge is 0.238 e. The molecule has 0 bridgehead atoms. The van der Waals surface area contributed by atoms with E-state index in [1.807, 2.05) is 108 Å². The number of fused-ring (bicyclic) bond motifs is 29. The SMILES string of the molecule is CC1(C)c2ccccc2-c2cc3c(cc21)N(c1nc(-c2ccc(-c4cccc5ccccc45)cc2)c2ccccc2n1)c1ccccc1-c1ccccc1-3.c1ccc(-c2nc(-c3ccccc3)nc(N3c4ccccc4-c4ccccc4-c4cc5c(cc43)oc3ccccc35)n2)cc1.c1ccc2c(c1)Sc1cc3c(cc1-c1ccccc1-2)c1ccccc1n3-c1cncc(-c2ccc3c(c2)sc2ccccc23)c1. The van der Waals surface area contributed by atoms with Gasteiger partial charge in [-0.3, -0.25) is 14.8 Å². The highest BCUT2D eigenvalue weighted by Crippen LogP contribution is 2.59. The summed E-state index contributed by atoms with van der Waals surface area (Å²) in [5.41, 5.74) is 38.1. The van der Waals surface area contributed by atoms with Gasteiger partial charge in [-0.15, -0.1) is 11.3 Å². The standard InChI is InChI=1S/C51H35N3.C41H24N2S2.C39H24N4O/c1-51(2)44-23-10-7-19-39(44)42-30-43-38-18-6-5-17-37(38)40-20-9-12-25-47(40)54(48(43)31-45(42)51)50-52-46-24-11-8-21-41(46)49(53-50)34-28-26-33(27-29-34)36-22-13-15-32-14-3-4-16-35(32)36;1-2-10-29-28(9-1)31-12-4-7-15-38(31)45-41-22-37-34(21-35(29)41)30-11-3-6-14-36(30)43(37)27-19-26(23-42-24-27)25-17-18-33-32-13-5-8-16-39(32)44-40(33)20-25;1-3-13-25(14-4-1)37-40-38(26-15-5-2-6-16-26)42-39(41-37)43-33-21-11-9-19-29(33)27-17-7-8-18-28(27)31-23-32-30-20-10-12-22-35(30)44-36(32)24-34(31)43/h3-31H,1-2H3;1-24H;1-24H. The molecule has 670 valence electrons. The van der Waals surface area contributed by atoms with Crippen LogP contribution in [-0.2, 0) is 5.41 Å². The highest BCUT2D eigenvalue weighted by atomic mass is 32.2. The first-order chi connectivity index (χ1) is 70.7. The van der Waals surface area contributed by atoms with Gasteiger partial charge in [0.05, 0.1) is 56.9 Å². The lowest BCUT2D eigenvalue weighted by Crippen LogP contribution is -2.18. The predicted octanol–water partition coefficient (Wildman–Crippen LogP) is 35.8. The first-order valence-corrected chi connectivity index (χ1v) is 50.0. The Bertz CT molecular complexity index is 9660. The highest BCUT2D eigenvalue weighted by molar-refractivity contribution is 7.99. The van der Waals surface area contributed by atoms with Crippen molar-refractivity contribution < 1.29 is 4.42 Å². The Morgan fingerprint density at radius 1 is 0.252 bits per heavy atom. The average molecular weight is 1860 g/mol. The fraction of sp³-hybridized carbons (Fsp3) is 0.0229. The first-order valence-electron chi connectivity index (χ1n) is 48.4. The predicted molar refractivity (Wildman–Crippen MR) is 594 cm³/mol. The molecule has 9 heterocycles. The van der Waals surface area contributed by atoms with Gasteiger partial charge in [0.25, 0.3) is 0 Å². The number of rotatable bonds is 8. The summed E-state index contributed by atoms with van der Waals surface area (Å²) < 4.78 is 11.4. The average Bonchev–Trinajstić information content (AvgIpc) is 1.56. The molecular weight excluding hydrogens is 1780 g/mol. The Kier molecular flexibility index (Phi) is 19.6. The Morgan fingerprint density at radius 2 is 0.769 bits per heavy atom. The van der Waals surface area contributed by atoms with Crippen LogP contribution in [0.3, 0.4) is 0 Å². The molecule has 26 aromatic rings. The molecule has 20 aromatic carbocycles. The van der Waals surface area contributed by atoms with Crippen LogP contribution in [-0.4, -0.2) is 34.5 Å². The Labute approximate surface area is 833 Å². The van der Waals surface area contributed by atoms with Gasteiger partial charge in [-0.1, -0.05) is 390 Å². The molecule has 0 amide bonds. The first kappa shape index (κ1) is 83.1. The zero-order valence-corrected chi connectivity index (χ0v) is 79.3. The van der Waals surface area contributed by atoms with Crippen molar-refractivity contribution in [1.82, 2.24) is 34.5 Å². The number of para-hydroxylation sites is 5. The Morgan fingerprint density at radius 3 is 1.49 bits per heavy atom. The summed E-state index contributed by atoms with van der Waals surface area (Å²) in [5.74, 6) is 2.41. The van der Waals surface area contributed by atoms with Crippen molar-refractivity contribution in [2.75, 3.05) is 9.80 Å². The molecule has 0 spiro atoms. The van der Waals surface area contributed by atoms with E-state index >= 15 is 0 Å². The second-order valence-electron chi connectivity index (χ2n) is 37.5. The summed E-state index contributed by atoms with van der Waals surface area (Å²) in [5, 5.41) is 10.8. The fourth-order valence-electron chi connectivity index (χ4n) is 22.3. The molecule has 0 saturated heterocycles. The number of aromatic nitrogens is 7. The van der Waals surface area contributed by atoms with Crippen molar-refractivity contribution >= 4 is 143 Å². The van der Waals surface area contributed by atoms with E-state index < -0.39 is 0 Å². The summed E-state index contributed by atoms with van der Waals surface area (Å²) in [6.45, 7) is 4.69. The van der Waals surface area contributed by atoms with Crippen LogP contribution in [0, 0.1) is 0 Å². The number of pyridine rings is 1. The third-order valence-corrected chi connectivity index (χ3v) is 31.3. The monoisotopic (exact) mass is 1860 g/mol. The van der Waals surface area contributed by atoms with Gasteiger partial charge in [-0.05, 0) is 179 Å². The quantitative estimate of drug-likeness (QED) is 0.146. The molecule has 0 atom stereocenters. The lowest BCUT2D eigenvalue weighted by atomic mass is 9.81. The largest absolute Gasteiger partial charge is 0.456 e. The molecule has 6 aromatic heterocycles. The summed E-state index contributed by atoms with van der Waals surface area (Å²) in [7, 11) is 0. The van der Waals surface area contributed by atoms with Crippen LogP contribution in [0.2, 0.25) is 0 Å². The lowest BCUT2D eigenvalue weighted by molar-refractivity contribution is 0.660. The van der Waals surface area contributed by atoms with Crippen LogP contribution in [0.4, 0.5) is 34.6 Å². The van der Waals surface area contributed by atoms with E-state index in [0.29, 0.717) is 23.5 Å². The minimum Gasteiger partial charge on any atom is -0.456 e. The van der Waals surface area contributed by atoms with Gasteiger partial charge in [0.2, 0.25) is 11.9 Å². The summed E-state index contributed by atoms with van der Waals surface area (Å²) in [6, 6.07) is 162. The van der Waals surface area contributed by atoms with E-state index in [2.05, 4.69) is 410 Å². The van der Waals surface area contributed by atoms with Gasteiger partial charge in [-0.2, -0.15) is 9.97 Å². The summed E-state index contributed by atoms with van der Waals surface area (Å²) >= 11 is 3.72. The van der Waals surface area contributed by atoms with E-state index in [-0.39, 0.29) is 5.41 Å². The number of nitrogens with zero attached hydrogens (tertiary/aromatic N) is 9. The molecular formula is C131H83N9OS2. The molecule has 3 aliphatic heterocycles. The van der Waals surface area contributed by atoms with Gasteiger partial charge in [0.1, 0.15) is 11.2 Å². The van der Waals surface area contributed by atoms with Crippen molar-refractivity contribution in [3.8, 4) is 140 Å². The molecule has 30 rings (SSSR count). The summed E-state index contributed by atoms with van der Waals surface area (Å²) in [4.78, 5) is 38.0. The number of benzene rings is 20. The van der Waals surface area contributed by atoms with Crippen molar-refractivity contribution in [2.45, 2.75) is 29.1 Å². The van der Waals surface area contributed by atoms with Gasteiger partial charge in [0.15, 0.2) is 11.6 Å². The Balaban J connectivity index is 0.000000105. The number of furan rings is 1. The summed E-state index contributed by atoms with van der Waals surface area (Å²) in [6.07, 6.45) is 3.98. The van der Waals surface area contributed by atoms with Gasteiger partial charge in [-0.25, -0.2) is 15.0 Å². The van der Waals surface area contributed by atoms with E-state index in [1.54, 1.807) is 0 Å². The number of thiophene rings is 1. The van der Waals surface area contributed by atoms with Gasteiger partial charge < -0.3 is 8.98 Å². The van der Waals surface area contributed by atoms with Crippen molar-refractivity contribution in [2.24, 2.45) is 0 Å². The van der Waals surface area contributed by atoms with Gasteiger partial charge in [0, 0.05) is 119 Å². The van der Waals surface area contributed by atoms with Crippen LogP contribution >= 0.6 is 23.1 Å². The van der Waals surface area contributed by atoms with Crippen LogP contribution in [0.15, 0.2) is 482 Å². The van der Waals surface area contributed by atoms with Crippen LogP contribution < -0.4 is 9.80 Å². The number of hydrogen-bond donors (Lipinski definition) is 0. The second kappa shape index (κ2) is 33.6. The van der Waals surface area contributed by atoms with Crippen LogP contribution in [0.25, 0.3) is 225 Å². The number of hydrogen-bond acceptors (Lipinski definition) is 11. The fourth-order valence-corrected chi connectivity index (χ4v) is 24.6. The molecule has 0 unspecified atom stereocenters. The molecule has 10 nitrogen and oxygen atoms in total. The van der Waals surface area contributed by atoms with Crippen molar-refractivity contribution in [1.29, 1.82) is 0 Å². The molecule has 0 N–H and O–H groups in total. The maximum absolute atomic E-state index is 6.43. The van der Waals surface area contributed by atoms with Crippen molar-refractivity contribution in [3.05, 3.63) is 478 Å². The zero-order chi connectivity index (χ0) is 94.5. The van der Waals surface area contributed by atoms with Crippen LogP contribution in [0.1, 0.15) is 25.0 Å². The van der Waals surface area contributed by atoms with E-state index in [0.717, 1.165) is 117 Å². The molecule has 143 heavy (non-hydrogen) atoms. The molecule has 0 fully saturated rings. The third kappa shape index (κ3) is 13.8. The minimum atomic E-state index is -0.167. The lowest BCUT2D eigenvalue weighted by Gasteiger charge is -2.28. The van der Waals surface area contributed by atoms with E-state index in [1.165, 1.54) is 140 Å². The zero-order valence-electron chi connectivity index (χ0n) is 77.7. The third-order valence-electron chi connectivity index (χ3n) is 29.0. The maximum Gasteiger partial charge on any atom is 0.238 e. The minimum absolute atomic E-state index is 0.167. The molecule has 4 aliphatic rings.